The molecule has 1 heterocycles. The van der Waals surface area contributed by atoms with E-state index in [0.29, 0.717) is 11.3 Å². The minimum atomic E-state index is -0.804. The molecule has 176 valence electrons. The Morgan fingerprint density at radius 3 is 2.24 bits per heavy atom. The molecule has 1 atom stereocenters. The van der Waals surface area contributed by atoms with Gasteiger partial charge in [0.2, 0.25) is 0 Å². The van der Waals surface area contributed by atoms with Gasteiger partial charge >= 0.3 is 0 Å². The fourth-order valence-electron chi connectivity index (χ4n) is 3.79. The van der Waals surface area contributed by atoms with Gasteiger partial charge in [-0.2, -0.15) is 0 Å². The van der Waals surface area contributed by atoms with Crippen LogP contribution in [0.4, 0.5) is 5.69 Å². The molecule has 0 radical (unpaired) electrons. The number of ether oxygens (including phenoxy) is 3. The number of Topliss-reactive ketones (excluding diaryl/α,β-unsaturated/α-hetero) is 1. The van der Waals surface area contributed by atoms with E-state index in [9.17, 15) is 14.7 Å². The lowest BCUT2D eigenvalue weighted by Gasteiger charge is -2.25. The number of nitrogens with zero attached hydrogens (tertiary/aromatic N) is 2. The van der Waals surface area contributed by atoms with Gasteiger partial charge in [-0.3, -0.25) is 9.59 Å². The number of carbonyl (C=O) groups excluding carboxylic acids is 2. The number of hydrogen-bond acceptors (Lipinski definition) is 7. The zero-order chi connectivity index (χ0) is 24.3. The SMILES string of the molecule is COCCN1C(=O)C(=O)/C(=C(/O)c2cc(Cl)c(OC)cc2OC)C1c1ccc(N(C)C)cc1. The van der Waals surface area contributed by atoms with Gasteiger partial charge in [0.1, 0.15) is 17.3 Å². The molecule has 2 aromatic rings. The molecule has 3 rings (SSSR count). The first-order valence-corrected chi connectivity index (χ1v) is 10.6. The summed E-state index contributed by atoms with van der Waals surface area (Å²) in [6.07, 6.45) is 0. The van der Waals surface area contributed by atoms with E-state index < -0.39 is 17.7 Å². The average molecular weight is 475 g/mol. The Kier molecular flexibility index (Phi) is 7.50. The number of amides is 1. The monoisotopic (exact) mass is 474 g/mol. The highest BCUT2D eigenvalue weighted by molar-refractivity contribution is 6.46. The fraction of sp³-hybridized carbons (Fsp3) is 0.333. The normalized spacial score (nSPS) is 17.4. The molecule has 1 aliphatic rings. The van der Waals surface area contributed by atoms with Gasteiger partial charge in [-0.15, -0.1) is 0 Å². The number of anilines is 1. The molecule has 1 saturated heterocycles. The molecule has 1 aliphatic heterocycles. The van der Waals surface area contributed by atoms with E-state index >= 15 is 0 Å². The van der Waals surface area contributed by atoms with E-state index in [1.165, 1.54) is 38.4 Å². The number of likely N-dealkylation sites (tertiary alicyclic amines) is 1. The number of aliphatic hydroxyl groups is 1. The highest BCUT2D eigenvalue weighted by Crippen LogP contribution is 2.43. The first kappa shape index (κ1) is 24.4. The topological polar surface area (TPSA) is 88.5 Å². The van der Waals surface area contributed by atoms with E-state index in [-0.39, 0.29) is 40.8 Å². The van der Waals surface area contributed by atoms with Crippen molar-refractivity contribution >= 4 is 34.7 Å². The summed E-state index contributed by atoms with van der Waals surface area (Å²) in [7, 11) is 8.23. The first-order chi connectivity index (χ1) is 15.7. The summed E-state index contributed by atoms with van der Waals surface area (Å²) in [6.45, 7) is 0.412. The van der Waals surface area contributed by atoms with Crippen LogP contribution in [0.2, 0.25) is 5.02 Å². The number of benzene rings is 2. The van der Waals surface area contributed by atoms with Gasteiger partial charge in [0.05, 0.1) is 43.0 Å². The number of halogens is 1. The first-order valence-electron chi connectivity index (χ1n) is 10.2. The zero-order valence-electron chi connectivity index (χ0n) is 19.2. The molecule has 0 bridgehead atoms. The predicted molar refractivity (Wildman–Crippen MR) is 126 cm³/mol. The van der Waals surface area contributed by atoms with Crippen molar-refractivity contribution in [1.29, 1.82) is 0 Å². The Bertz CT molecular complexity index is 1080. The molecular formula is C24H27ClN2O6. The highest BCUT2D eigenvalue weighted by atomic mass is 35.5. The molecule has 0 spiro atoms. The molecule has 0 aliphatic carbocycles. The molecule has 33 heavy (non-hydrogen) atoms. The number of aliphatic hydroxyl groups excluding tert-OH is 1. The van der Waals surface area contributed by atoms with Crippen LogP contribution < -0.4 is 14.4 Å². The summed E-state index contributed by atoms with van der Waals surface area (Å²) in [4.78, 5) is 29.4. The predicted octanol–water partition coefficient (Wildman–Crippen LogP) is 3.49. The fourth-order valence-corrected chi connectivity index (χ4v) is 4.03. The zero-order valence-corrected chi connectivity index (χ0v) is 20.0. The van der Waals surface area contributed by atoms with Gasteiger partial charge in [-0.25, -0.2) is 0 Å². The van der Waals surface area contributed by atoms with Crippen LogP contribution in [0.5, 0.6) is 11.5 Å². The molecule has 0 aromatic heterocycles. The van der Waals surface area contributed by atoms with E-state index in [1.54, 1.807) is 0 Å². The van der Waals surface area contributed by atoms with Crippen molar-refractivity contribution in [3.05, 3.63) is 58.1 Å². The maximum Gasteiger partial charge on any atom is 0.295 e. The molecule has 1 unspecified atom stereocenters. The third kappa shape index (κ3) is 4.62. The van der Waals surface area contributed by atoms with Crippen molar-refractivity contribution in [3.8, 4) is 11.5 Å². The van der Waals surface area contributed by atoms with Crippen LogP contribution in [-0.2, 0) is 14.3 Å². The Labute approximate surface area is 197 Å². The second-order valence-electron chi connectivity index (χ2n) is 7.66. The number of hydrogen-bond donors (Lipinski definition) is 1. The van der Waals surface area contributed by atoms with Gasteiger partial charge in [-0.1, -0.05) is 23.7 Å². The van der Waals surface area contributed by atoms with Crippen LogP contribution in [0.1, 0.15) is 17.2 Å². The lowest BCUT2D eigenvalue weighted by atomic mass is 9.94. The maximum atomic E-state index is 13.1. The lowest BCUT2D eigenvalue weighted by molar-refractivity contribution is -0.140. The average Bonchev–Trinajstić information content (AvgIpc) is 3.06. The van der Waals surface area contributed by atoms with E-state index in [2.05, 4.69) is 0 Å². The lowest BCUT2D eigenvalue weighted by Crippen LogP contribution is -2.32. The minimum Gasteiger partial charge on any atom is -0.507 e. The Morgan fingerprint density at radius 1 is 1.06 bits per heavy atom. The summed E-state index contributed by atoms with van der Waals surface area (Å²) >= 11 is 6.27. The number of ketones is 1. The standard InChI is InChI=1S/C24H27ClN2O6/c1-26(2)15-8-6-14(7-9-15)21-20(23(29)24(30)27(21)10-11-31-3)22(28)16-12-17(25)19(33-5)13-18(16)32-4/h6-9,12-13,21,28H,10-11H2,1-5H3/b22-20+. The molecule has 1 fully saturated rings. The maximum absolute atomic E-state index is 13.1. The Morgan fingerprint density at radius 2 is 1.70 bits per heavy atom. The second kappa shape index (κ2) is 10.1. The third-order valence-corrected chi connectivity index (χ3v) is 5.83. The summed E-state index contributed by atoms with van der Waals surface area (Å²) in [5.41, 5.74) is 1.77. The highest BCUT2D eigenvalue weighted by Gasteiger charge is 2.46. The van der Waals surface area contributed by atoms with Crippen molar-refractivity contribution in [2.45, 2.75) is 6.04 Å². The van der Waals surface area contributed by atoms with Gasteiger partial charge in [-0.05, 0) is 23.8 Å². The Hall–Kier alpha value is -3.23. The molecule has 9 heteroatoms. The number of methoxy groups -OCH3 is 3. The summed E-state index contributed by atoms with van der Waals surface area (Å²) in [5, 5.41) is 11.5. The van der Waals surface area contributed by atoms with Crippen molar-refractivity contribution in [1.82, 2.24) is 4.90 Å². The molecular weight excluding hydrogens is 448 g/mol. The second-order valence-corrected chi connectivity index (χ2v) is 8.07. The van der Waals surface area contributed by atoms with Gasteiger partial charge in [0, 0.05) is 39.5 Å². The van der Waals surface area contributed by atoms with Crippen molar-refractivity contribution in [2.24, 2.45) is 0 Å². The van der Waals surface area contributed by atoms with Gasteiger partial charge in [0.15, 0.2) is 0 Å². The van der Waals surface area contributed by atoms with E-state index in [4.69, 9.17) is 25.8 Å². The molecule has 0 saturated carbocycles. The quantitative estimate of drug-likeness (QED) is 0.356. The molecule has 2 aromatic carbocycles. The third-order valence-electron chi connectivity index (χ3n) is 5.53. The largest absolute Gasteiger partial charge is 0.507 e. The summed E-state index contributed by atoms with van der Waals surface area (Å²) in [6, 6.07) is 9.59. The smallest absolute Gasteiger partial charge is 0.295 e. The van der Waals surface area contributed by atoms with Gasteiger partial charge < -0.3 is 29.1 Å². The van der Waals surface area contributed by atoms with E-state index in [1.807, 2.05) is 43.3 Å². The molecule has 1 N–H and O–H groups in total. The van der Waals surface area contributed by atoms with E-state index in [0.717, 1.165) is 5.69 Å². The van der Waals surface area contributed by atoms with Crippen molar-refractivity contribution < 1.29 is 28.9 Å². The number of carbonyl (C=O) groups is 2. The summed E-state index contributed by atoms with van der Waals surface area (Å²) < 4.78 is 15.7. The van der Waals surface area contributed by atoms with Crippen LogP contribution in [0.25, 0.3) is 5.76 Å². The van der Waals surface area contributed by atoms with Crippen LogP contribution >= 0.6 is 11.6 Å². The van der Waals surface area contributed by atoms with Crippen LogP contribution in [0, 0.1) is 0 Å². The molecule has 1 amide bonds. The number of rotatable bonds is 8. The summed E-state index contributed by atoms with van der Waals surface area (Å²) in [5.74, 6) is -1.29. The van der Waals surface area contributed by atoms with Crippen LogP contribution in [-0.4, -0.2) is 70.3 Å². The molecule has 8 nitrogen and oxygen atoms in total. The van der Waals surface area contributed by atoms with Crippen LogP contribution in [0.15, 0.2) is 42.0 Å². The van der Waals surface area contributed by atoms with Crippen molar-refractivity contribution in [3.63, 3.8) is 0 Å². The minimum absolute atomic E-state index is 0.0479. The van der Waals surface area contributed by atoms with Gasteiger partial charge in [0.25, 0.3) is 11.7 Å². The van der Waals surface area contributed by atoms with Crippen LogP contribution in [0.3, 0.4) is 0 Å². The van der Waals surface area contributed by atoms with Crippen molar-refractivity contribution in [2.75, 3.05) is 53.5 Å². The Balaban J connectivity index is 2.22.